The molecule has 0 saturated carbocycles. The van der Waals surface area contributed by atoms with E-state index < -0.39 is 0 Å². The third-order valence-corrected chi connectivity index (χ3v) is 2.36. The first-order valence-corrected chi connectivity index (χ1v) is 4.22. The van der Waals surface area contributed by atoms with Crippen molar-refractivity contribution in [3.8, 4) is 0 Å². The molecule has 0 aliphatic carbocycles. The molecule has 56 valence electrons. The zero-order valence-corrected chi connectivity index (χ0v) is 7.28. The highest BCUT2D eigenvalue weighted by Crippen LogP contribution is 2.18. The van der Waals surface area contributed by atoms with E-state index in [9.17, 15) is 0 Å². The van der Waals surface area contributed by atoms with Gasteiger partial charge < -0.3 is 0 Å². The fourth-order valence-electron chi connectivity index (χ4n) is 1.14. The van der Waals surface area contributed by atoms with Crippen LogP contribution in [0.5, 0.6) is 0 Å². The number of hydrogen-bond donors (Lipinski definition) is 0. The van der Waals surface area contributed by atoms with Crippen LogP contribution in [-0.2, 0) is 0 Å². The maximum Gasteiger partial charge on any atom is -0.0417 e. The highest BCUT2D eigenvalue weighted by atomic mass is 14.1. The average molecular weight is 128 g/mol. The van der Waals surface area contributed by atoms with E-state index in [1.807, 2.05) is 0 Å². The second kappa shape index (κ2) is 4.84. The fourth-order valence-corrected chi connectivity index (χ4v) is 1.14. The zero-order chi connectivity index (χ0) is 7.28. The van der Waals surface area contributed by atoms with E-state index in [1.165, 1.54) is 19.3 Å². The molecular formula is C9H20. The summed E-state index contributed by atoms with van der Waals surface area (Å²) in [5, 5.41) is 0. The summed E-state index contributed by atoms with van der Waals surface area (Å²) >= 11 is 0. The Morgan fingerprint density at radius 3 is 1.89 bits per heavy atom. The van der Waals surface area contributed by atoms with Crippen LogP contribution in [0.15, 0.2) is 0 Å². The third-order valence-electron chi connectivity index (χ3n) is 2.36. The molecule has 0 amide bonds. The SMILES string of the molecule is CCC[C@@H](C)C(C)CC. The molecule has 0 spiro atoms. The summed E-state index contributed by atoms with van der Waals surface area (Å²) in [6, 6.07) is 0. The molecule has 0 saturated heterocycles. The molecule has 0 aliphatic rings. The second-order valence-corrected chi connectivity index (χ2v) is 3.15. The van der Waals surface area contributed by atoms with E-state index in [2.05, 4.69) is 27.7 Å². The van der Waals surface area contributed by atoms with Crippen LogP contribution in [0.4, 0.5) is 0 Å². The van der Waals surface area contributed by atoms with Gasteiger partial charge in [-0.3, -0.25) is 0 Å². The van der Waals surface area contributed by atoms with Gasteiger partial charge in [0.15, 0.2) is 0 Å². The van der Waals surface area contributed by atoms with Gasteiger partial charge in [0, 0.05) is 0 Å². The number of rotatable bonds is 4. The van der Waals surface area contributed by atoms with Crippen molar-refractivity contribution < 1.29 is 0 Å². The van der Waals surface area contributed by atoms with E-state index in [1.54, 1.807) is 0 Å². The summed E-state index contributed by atoms with van der Waals surface area (Å²) in [5.74, 6) is 1.85. The van der Waals surface area contributed by atoms with Crippen LogP contribution < -0.4 is 0 Å². The summed E-state index contributed by atoms with van der Waals surface area (Å²) in [5.41, 5.74) is 0. The van der Waals surface area contributed by atoms with Crippen molar-refractivity contribution in [3.05, 3.63) is 0 Å². The Hall–Kier alpha value is 0. The Morgan fingerprint density at radius 1 is 1.00 bits per heavy atom. The van der Waals surface area contributed by atoms with Crippen LogP contribution in [0.2, 0.25) is 0 Å². The number of hydrogen-bond acceptors (Lipinski definition) is 0. The van der Waals surface area contributed by atoms with E-state index in [0.717, 1.165) is 11.8 Å². The van der Waals surface area contributed by atoms with Gasteiger partial charge in [-0.05, 0) is 11.8 Å². The maximum absolute atomic E-state index is 2.36. The molecule has 0 heteroatoms. The Balaban J connectivity index is 3.32. The normalized spacial score (nSPS) is 17.3. The monoisotopic (exact) mass is 128 g/mol. The molecule has 0 aromatic rings. The van der Waals surface area contributed by atoms with Gasteiger partial charge in [0.05, 0.1) is 0 Å². The molecule has 0 aromatic carbocycles. The first-order valence-electron chi connectivity index (χ1n) is 4.22. The minimum absolute atomic E-state index is 0.921. The lowest BCUT2D eigenvalue weighted by Gasteiger charge is -2.16. The topological polar surface area (TPSA) is 0 Å². The highest BCUT2D eigenvalue weighted by Gasteiger charge is 2.07. The van der Waals surface area contributed by atoms with Crippen molar-refractivity contribution in [1.29, 1.82) is 0 Å². The standard InChI is InChI=1S/C9H20/c1-5-7-9(4)8(3)6-2/h8-9H,5-7H2,1-4H3/t8?,9-/m1/s1. The van der Waals surface area contributed by atoms with Crippen LogP contribution in [0.1, 0.15) is 47.0 Å². The molecule has 1 unspecified atom stereocenters. The van der Waals surface area contributed by atoms with Crippen molar-refractivity contribution in [2.45, 2.75) is 47.0 Å². The fraction of sp³-hybridized carbons (Fsp3) is 1.00. The smallest absolute Gasteiger partial charge is 0.0417 e. The highest BCUT2D eigenvalue weighted by molar-refractivity contribution is 4.58. The molecule has 0 rings (SSSR count). The van der Waals surface area contributed by atoms with E-state index in [-0.39, 0.29) is 0 Å². The summed E-state index contributed by atoms with van der Waals surface area (Å²) in [6.07, 6.45) is 4.07. The van der Waals surface area contributed by atoms with Gasteiger partial charge in [-0.25, -0.2) is 0 Å². The summed E-state index contributed by atoms with van der Waals surface area (Å²) in [4.78, 5) is 0. The van der Waals surface area contributed by atoms with E-state index >= 15 is 0 Å². The van der Waals surface area contributed by atoms with Crippen molar-refractivity contribution >= 4 is 0 Å². The summed E-state index contributed by atoms with van der Waals surface area (Å²) in [7, 11) is 0. The van der Waals surface area contributed by atoms with Crippen LogP contribution in [0.25, 0.3) is 0 Å². The van der Waals surface area contributed by atoms with Gasteiger partial charge in [-0.2, -0.15) is 0 Å². The van der Waals surface area contributed by atoms with Crippen molar-refractivity contribution in [2.24, 2.45) is 11.8 Å². The molecule has 0 bridgehead atoms. The van der Waals surface area contributed by atoms with Crippen LogP contribution >= 0.6 is 0 Å². The molecule has 0 aromatic heterocycles. The van der Waals surface area contributed by atoms with Crippen LogP contribution in [0, 0.1) is 11.8 Å². The molecule has 0 N–H and O–H groups in total. The lowest BCUT2D eigenvalue weighted by Crippen LogP contribution is -2.05. The molecule has 0 heterocycles. The molecular weight excluding hydrogens is 108 g/mol. The molecule has 0 fully saturated rings. The van der Waals surface area contributed by atoms with Crippen molar-refractivity contribution in [2.75, 3.05) is 0 Å². The third kappa shape index (κ3) is 3.56. The minimum Gasteiger partial charge on any atom is -0.0654 e. The lowest BCUT2D eigenvalue weighted by molar-refractivity contribution is 0.352. The molecule has 0 radical (unpaired) electrons. The first kappa shape index (κ1) is 9.00. The Bertz CT molecular complexity index is 57.1. The van der Waals surface area contributed by atoms with E-state index in [4.69, 9.17) is 0 Å². The molecule has 9 heavy (non-hydrogen) atoms. The van der Waals surface area contributed by atoms with E-state index in [0.29, 0.717) is 0 Å². The largest absolute Gasteiger partial charge is 0.0654 e. The minimum atomic E-state index is 0.921. The Morgan fingerprint density at radius 2 is 1.56 bits per heavy atom. The molecule has 2 atom stereocenters. The summed E-state index contributed by atoms with van der Waals surface area (Å²) < 4.78 is 0. The predicted molar refractivity (Wildman–Crippen MR) is 43.5 cm³/mol. The molecule has 0 aliphatic heterocycles. The quantitative estimate of drug-likeness (QED) is 0.544. The van der Waals surface area contributed by atoms with Crippen LogP contribution in [-0.4, -0.2) is 0 Å². The molecule has 0 nitrogen and oxygen atoms in total. The van der Waals surface area contributed by atoms with Gasteiger partial charge in [0.1, 0.15) is 0 Å². The lowest BCUT2D eigenvalue weighted by atomic mass is 9.90. The maximum atomic E-state index is 2.36. The van der Waals surface area contributed by atoms with Gasteiger partial charge in [0.2, 0.25) is 0 Å². The van der Waals surface area contributed by atoms with Crippen LogP contribution in [0.3, 0.4) is 0 Å². The van der Waals surface area contributed by atoms with Crippen molar-refractivity contribution in [3.63, 3.8) is 0 Å². The van der Waals surface area contributed by atoms with Crippen molar-refractivity contribution in [1.82, 2.24) is 0 Å². The van der Waals surface area contributed by atoms with Gasteiger partial charge in [0.25, 0.3) is 0 Å². The average Bonchev–Trinajstić information content (AvgIpc) is 1.87. The Kier molecular flexibility index (Phi) is 4.84. The predicted octanol–water partition coefficient (Wildman–Crippen LogP) is 3.47. The Labute approximate surface area is 59.7 Å². The first-order chi connectivity index (χ1) is 4.22. The van der Waals surface area contributed by atoms with Gasteiger partial charge in [-0.15, -0.1) is 0 Å². The zero-order valence-electron chi connectivity index (χ0n) is 7.28. The van der Waals surface area contributed by atoms with Gasteiger partial charge >= 0.3 is 0 Å². The van der Waals surface area contributed by atoms with Gasteiger partial charge in [-0.1, -0.05) is 47.0 Å². The summed E-state index contributed by atoms with van der Waals surface area (Å²) in [6.45, 7) is 9.24. The second-order valence-electron chi connectivity index (χ2n) is 3.15.